The molecule has 160 valence electrons. The topological polar surface area (TPSA) is 60.4 Å². The molecule has 0 aliphatic carbocycles. The first-order valence-corrected chi connectivity index (χ1v) is 10.8. The Morgan fingerprint density at radius 1 is 1.03 bits per heavy atom. The predicted octanol–water partition coefficient (Wildman–Crippen LogP) is 4.88. The van der Waals surface area contributed by atoms with Gasteiger partial charge in [0.05, 0.1) is 16.0 Å². The molecule has 0 N–H and O–H groups in total. The summed E-state index contributed by atoms with van der Waals surface area (Å²) in [6.45, 7) is 3.18. The molecule has 0 fully saturated rings. The molecule has 1 atom stereocenters. The number of halogens is 4. The van der Waals surface area contributed by atoms with Crippen molar-refractivity contribution in [2.75, 3.05) is 6.26 Å². The van der Waals surface area contributed by atoms with Gasteiger partial charge in [-0.05, 0) is 61.4 Å². The molecule has 0 amide bonds. The molecule has 1 unspecified atom stereocenters. The van der Waals surface area contributed by atoms with Crippen molar-refractivity contribution in [3.05, 3.63) is 65.0 Å². The molecule has 1 aliphatic heterocycles. The van der Waals surface area contributed by atoms with Crippen molar-refractivity contribution in [1.29, 1.82) is 0 Å². The van der Waals surface area contributed by atoms with Crippen LogP contribution in [0.25, 0.3) is 11.3 Å². The number of hydrogen-bond donors (Lipinski definition) is 0. The number of carbonyl (C=O) groups excluding carboxylic acids is 1. The van der Waals surface area contributed by atoms with Crippen molar-refractivity contribution >= 4 is 27.0 Å². The second-order valence-corrected chi connectivity index (χ2v) is 9.26. The maximum atomic E-state index is 14.0. The maximum Gasteiger partial charge on any atom is 0.416 e. The summed E-state index contributed by atoms with van der Waals surface area (Å²) in [6.07, 6.45) is -3.55. The zero-order chi connectivity index (χ0) is 22.5. The molecule has 0 spiro atoms. The number of ether oxygens (including phenoxy) is 1. The lowest BCUT2D eigenvalue weighted by atomic mass is 9.89. The van der Waals surface area contributed by atoms with E-state index in [9.17, 15) is 30.8 Å². The van der Waals surface area contributed by atoms with Crippen LogP contribution < -0.4 is 0 Å². The average Bonchev–Trinajstić information content (AvgIpc) is 2.92. The van der Waals surface area contributed by atoms with Crippen LogP contribution in [-0.2, 0) is 25.5 Å². The Morgan fingerprint density at radius 2 is 1.63 bits per heavy atom. The minimum atomic E-state index is -4.80. The number of Topliss-reactive ketones (excluding diaryl/α,β-unsaturated/α-hetero) is 1. The molecule has 0 radical (unpaired) electrons. The van der Waals surface area contributed by atoms with Crippen LogP contribution >= 0.6 is 0 Å². The Kier molecular flexibility index (Phi) is 5.30. The summed E-state index contributed by atoms with van der Waals surface area (Å²) in [4.78, 5) is 13.1. The van der Waals surface area contributed by atoms with Gasteiger partial charge in [-0.1, -0.05) is 6.92 Å². The van der Waals surface area contributed by atoms with Gasteiger partial charge in [-0.3, -0.25) is 4.79 Å². The highest BCUT2D eigenvalue weighted by atomic mass is 32.2. The molecule has 0 bridgehead atoms. The van der Waals surface area contributed by atoms with E-state index in [0.717, 1.165) is 12.3 Å². The van der Waals surface area contributed by atoms with Crippen LogP contribution in [0.5, 0.6) is 0 Å². The Bertz CT molecular complexity index is 1150. The van der Waals surface area contributed by atoms with Crippen LogP contribution in [0.2, 0.25) is 0 Å². The van der Waals surface area contributed by atoms with Crippen LogP contribution in [0.4, 0.5) is 17.6 Å². The fourth-order valence-corrected chi connectivity index (χ4v) is 3.77. The molecule has 1 aliphatic rings. The molecule has 0 saturated carbocycles. The maximum absolute atomic E-state index is 14.0. The Morgan fingerprint density at radius 3 is 2.13 bits per heavy atom. The van der Waals surface area contributed by atoms with Crippen LogP contribution in [0, 0.1) is 5.82 Å². The summed E-state index contributed by atoms with van der Waals surface area (Å²) in [7, 11) is -3.47. The number of carbonyl (C=O) groups is 1. The van der Waals surface area contributed by atoms with Gasteiger partial charge in [-0.2, -0.15) is 13.2 Å². The molecule has 30 heavy (non-hydrogen) atoms. The number of sulfone groups is 1. The van der Waals surface area contributed by atoms with E-state index >= 15 is 0 Å². The summed E-state index contributed by atoms with van der Waals surface area (Å²) in [5.74, 6) is -1.74. The molecule has 0 aromatic heterocycles. The minimum absolute atomic E-state index is 0.0249. The van der Waals surface area contributed by atoms with E-state index in [1.54, 1.807) is 6.92 Å². The fraction of sp³-hybridized carbons (Fsp3) is 0.286. The van der Waals surface area contributed by atoms with Crippen LogP contribution in [0.15, 0.2) is 47.4 Å². The van der Waals surface area contributed by atoms with Crippen molar-refractivity contribution < 1.29 is 35.5 Å². The molecule has 2 aromatic rings. The quantitative estimate of drug-likeness (QED) is 0.633. The van der Waals surface area contributed by atoms with E-state index in [-0.39, 0.29) is 28.2 Å². The first-order valence-electron chi connectivity index (χ1n) is 8.93. The summed E-state index contributed by atoms with van der Waals surface area (Å²) < 4.78 is 82.7. The van der Waals surface area contributed by atoms with E-state index in [4.69, 9.17) is 4.74 Å². The van der Waals surface area contributed by atoms with Gasteiger partial charge in [-0.25, -0.2) is 12.8 Å². The first-order chi connectivity index (χ1) is 13.8. The number of hydrogen-bond acceptors (Lipinski definition) is 4. The highest BCUT2D eigenvalue weighted by Gasteiger charge is 2.45. The zero-order valence-electron chi connectivity index (χ0n) is 16.3. The highest BCUT2D eigenvalue weighted by molar-refractivity contribution is 7.90. The minimum Gasteiger partial charge on any atom is -0.478 e. The van der Waals surface area contributed by atoms with Crippen LogP contribution in [0.3, 0.4) is 0 Å². The molecular weight excluding hydrogens is 424 g/mol. The van der Waals surface area contributed by atoms with Crippen LogP contribution in [0.1, 0.15) is 37.0 Å². The van der Waals surface area contributed by atoms with Crippen LogP contribution in [-0.4, -0.2) is 26.1 Å². The smallest absolute Gasteiger partial charge is 0.416 e. The molecule has 0 saturated heterocycles. The lowest BCUT2D eigenvalue weighted by molar-refractivity contribution is -0.137. The Hall–Kier alpha value is -2.68. The summed E-state index contributed by atoms with van der Waals surface area (Å²) in [5, 5.41) is 0. The summed E-state index contributed by atoms with van der Waals surface area (Å²) in [5.41, 5.74) is -2.72. The molecular formula is C21H18F4O4S. The van der Waals surface area contributed by atoms with Gasteiger partial charge in [0.1, 0.15) is 11.6 Å². The Labute approximate surface area is 171 Å². The van der Waals surface area contributed by atoms with Crippen molar-refractivity contribution in [3.8, 4) is 0 Å². The average molecular weight is 442 g/mol. The largest absolute Gasteiger partial charge is 0.478 e. The molecule has 1 heterocycles. The van der Waals surface area contributed by atoms with E-state index in [2.05, 4.69) is 0 Å². The van der Waals surface area contributed by atoms with Crippen molar-refractivity contribution in [2.45, 2.75) is 36.9 Å². The predicted molar refractivity (Wildman–Crippen MR) is 103 cm³/mol. The van der Waals surface area contributed by atoms with Crippen molar-refractivity contribution in [2.24, 2.45) is 0 Å². The third-order valence-corrected chi connectivity index (χ3v) is 6.12. The standard InChI is InChI=1S/C21H18F4O4S/c1-4-20(2)19(26)17(13-9-14(21(23,24)25)11-15(22)10-13)18(29-20)12-5-7-16(8-6-12)30(3,27)28/h5-11H,4H2,1-3H3. The summed E-state index contributed by atoms with van der Waals surface area (Å²) in [6, 6.07) is 7.29. The second kappa shape index (κ2) is 7.23. The number of rotatable bonds is 4. The van der Waals surface area contributed by atoms with Gasteiger partial charge in [0.2, 0.25) is 5.78 Å². The van der Waals surface area contributed by atoms with Gasteiger partial charge < -0.3 is 4.74 Å². The van der Waals surface area contributed by atoms with Gasteiger partial charge >= 0.3 is 6.18 Å². The van der Waals surface area contributed by atoms with E-state index in [0.29, 0.717) is 17.7 Å². The van der Waals surface area contributed by atoms with Gasteiger partial charge in [-0.15, -0.1) is 0 Å². The molecule has 9 heteroatoms. The van der Waals surface area contributed by atoms with Gasteiger partial charge in [0, 0.05) is 11.8 Å². The van der Waals surface area contributed by atoms with Gasteiger partial charge in [0.25, 0.3) is 0 Å². The lowest BCUT2D eigenvalue weighted by Gasteiger charge is -2.21. The highest BCUT2D eigenvalue weighted by Crippen LogP contribution is 2.44. The number of ketones is 1. The summed E-state index contributed by atoms with van der Waals surface area (Å²) >= 11 is 0. The third kappa shape index (κ3) is 3.98. The van der Waals surface area contributed by atoms with E-state index in [1.807, 2.05) is 0 Å². The first kappa shape index (κ1) is 22.0. The SMILES string of the molecule is CCC1(C)OC(c2ccc(S(C)(=O)=O)cc2)=C(c2cc(F)cc(C(F)(F)F)c2)C1=O. The number of alkyl halides is 3. The number of benzene rings is 2. The zero-order valence-corrected chi connectivity index (χ0v) is 17.1. The van der Waals surface area contributed by atoms with E-state index in [1.165, 1.54) is 31.2 Å². The normalized spacial score (nSPS) is 19.9. The Balaban J connectivity index is 2.24. The second-order valence-electron chi connectivity index (χ2n) is 7.24. The van der Waals surface area contributed by atoms with Crippen molar-refractivity contribution in [3.63, 3.8) is 0 Å². The van der Waals surface area contributed by atoms with Crippen molar-refractivity contribution in [1.82, 2.24) is 0 Å². The molecule has 4 nitrogen and oxygen atoms in total. The van der Waals surface area contributed by atoms with Gasteiger partial charge in [0.15, 0.2) is 15.4 Å². The lowest BCUT2D eigenvalue weighted by Crippen LogP contribution is -2.32. The molecule has 3 rings (SSSR count). The molecule has 2 aromatic carbocycles. The fourth-order valence-electron chi connectivity index (χ4n) is 3.14. The van der Waals surface area contributed by atoms with E-state index < -0.39 is 38.8 Å². The third-order valence-electron chi connectivity index (χ3n) is 4.99. The monoisotopic (exact) mass is 442 g/mol.